The fraction of sp³-hybridized carbons (Fsp3) is 0.444. The number of rotatable bonds is 4. The van der Waals surface area contributed by atoms with Crippen molar-refractivity contribution in [1.29, 1.82) is 0 Å². The highest BCUT2D eigenvalue weighted by molar-refractivity contribution is 6.32. The van der Waals surface area contributed by atoms with Crippen molar-refractivity contribution in [2.24, 2.45) is 0 Å². The first-order valence-electron chi connectivity index (χ1n) is 4.60. The molecule has 1 heterocycles. The molecule has 0 saturated heterocycles. The normalized spacial score (nSPS) is 9.94. The summed E-state index contributed by atoms with van der Waals surface area (Å²) >= 11 is 5.75. The molecule has 0 spiro atoms. The van der Waals surface area contributed by atoms with Crippen molar-refractivity contribution >= 4 is 29.1 Å². The monoisotopic (exact) mass is 244 g/mol. The fourth-order valence-corrected chi connectivity index (χ4v) is 1.26. The lowest BCUT2D eigenvalue weighted by Crippen LogP contribution is -2.23. The van der Waals surface area contributed by atoms with Crippen LogP contribution in [0.2, 0.25) is 5.15 Å². The van der Waals surface area contributed by atoms with E-state index in [-0.39, 0.29) is 17.5 Å². The van der Waals surface area contributed by atoms with Crippen molar-refractivity contribution in [3.8, 4) is 0 Å². The summed E-state index contributed by atoms with van der Waals surface area (Å²) in [6.07, 6.45) is 1.58. The summed E-state index contributed by atoms with van der Waals surface area (Å²) in [7, 11) is 3.11. The molecule has 7 heteroatoms. The number of halogens is 1. The van der Waals surface area contributed by atoms with Crippen LogP contribution in [0.3, 0.4) is 0 Å². The van der Waals surface area contributed by atoms with E-state index in [1.54, 1.807) is 11.9 Å². The predicted molar refractivity (Wildman–Crippen MR) is 61.4 cm³/mol. The minimum Gasteiger partial charge on any atom is -0.469 e. The fourth-order valence-electron chi connectivity index (χ4n) is 1.14. The van der Waals surface area contributed by atoms with Crippen molar-refractivity contribution in [1.82, 2.24) is 9.97 Å². The van der Waals surface area contributed by atoms with E-state index in [1.165, 1.54) is 13.4 Å². The Labute approximate surface area is 98.4 Å². The lowest BCUT2D eigenvalue weighted by atomic mass is 10.3. The maximum Gasteiger partial charge on any atom is 0.307 e. The summed E-state index contributed by atoms with van der Waals surface area (Å²) in [5, 5.41) is 0.204. The Bertz CT molecular complexity index is 386. The van der Waals surface area contributed by atoms with Gasteiger partial charge in [-0.15, -0.1) is 0 Å². The van der Waals surface area contributed by atoms with Crippen LogP contribution in [-0.4, -0.2) is 36.6 Å². The molecule has 0 aromatic carbocycles. The zero-order valence-electron chi connectivity index (χ0n) is 9.11. The number of hydrogen-bond donors (Lipinski definition) is 1. The van der Waals surface area contributed by atoms with Crippen molar-refractivity contribution < 1.29 is 9.53 Å². The van der Waals surface area contributed by atoms with Crippen LogP contribution in [0.5, 0.6) is 0 Å². The summed E-state index contributed by atoms with van der Waals surface area (Å²) in [5.74, 6) is 0.217. The molecule has 0 aliphatic carbocycles. The lowest BCUT2D eigenvalue weighted by molar-refractivity contribution is -0.140. The van der Waals surface area contributed by atoms with Gasteiger partial charge in [-0.05, 0) is 0 Å². The van der Waals surface area contributed by atoms with Crippen LogP contribution in [-0.2, 0) is 9.53 Å². The maximum atomic E-state index is 11.0. The number of nitrogen functional groups attached to an aromatic ring is 1. The second kappa shape index (κ2) is 5.50. The van der Waals surface area contributed by atoms with Crippen molar-refractivity contribution in [2.75, 3.05) is 31.3 Å². The molecule has 0 atom stereocenters. The summed E-state index contributed by atoms with van der Waals surface area (Å²) in [6, 6.07) is 0. The van der Waals surface area contributed by atoms with E-state index >= 15 is 0 Å². The van der Waals surface area contributed by atoms with Crippen molar-refractivity contribution in [2.45, 2.75) is 6.42 Å². The van der Waals surface area contributed by atoms with Gasteiger partial charge in [-0.25, -0.2) is 9.97 Å². The first-order chi connectivity index (χ1) is 7.56. The van der Waals surface area contributed by atoms with Crippen molar-refractivity contribution in [3.63, 3.8) is 0 Å². The molecule has 88 valence electrons. The van der Waals surface area contributed by atoms with E-state index in [0.717, 1.165) is 0 Å². The van der Waals surface area contributed by atoms with Crippen molar-refractivity contribution in [3.05, 3.63) is 11.5 Å². The molecule has 2 N–H and O–H groups in total. The van der Waals surface area contributed by atoms with Crippen LogP contribution in [0, 0.1) is 0 Å². The zero-order chi connectivity index (χ0) is 12.1. The number of methoxy groups -OCH3 is 1. The molecule has 1 aromatic rings. The highest BCUT2D eigenvalue weighted by Crippen LogP contribution is 2.24. The number of nitrogens with two attached hydrogens (primary N) is 1. The minimum absolute atomic E-state index is 0.204. The van der Waals surface area contributed by atoms with Crippen LogP contribution in [0.15, 0.2) is 6.33 Å². The van der Waals surface area contributed by atoms with E-state index in [4.69, 9.17) is 17.3 Å². The van der Waals surface area contributed by atoms with Gasteiger partial charge in [0.05, 0.1) is 13.5 Å². The SMILES string of the molecule is COC(=O)CCN(C)c1ncnc(Cl)c1N. The third-order valence-electron chi connectivity index (χ3n) is 2.05. The first kappa shape index (κ1) is 12.5. The predicted octanol–water partition coefficient (Wildman–Crippen LogP) is 0.711. The summed E-state index contributed by atoms with van der Waals surface area (Å²) < 4.78 is 4.53. The molecule has 0 fully saturated rings. The van der Waals surface area contributed by atoms with E-state index in [9.17, 15) is 4.79 Å². The molecule has 0 saturated carbocycles. The lowest BCUT2D eigenvalue weighted by Gasteiger charge is -2.18. The van der Waals surface area contributed by atoms with Gasteiger partial charge in [0.15, 0.2) is 11.0 Å². The molecule has 0 aliphatic heterocycles. The number of carbonyl (C=O) groups excluding carboxylic acids is 1. The third kappa shape index (κ3) is 2.96. The van der Waals surface area contributed by atoms with Gasteiger partial charge in [0.2, 0.25) is 0 Å². The Morgan fingerprint density at radius 2 is 2.31 bits per heavy atom. The van der Waals surface area contributed by atoms with Gasteiger partial charge in [0, 0.05) is 13.6 Å². The molecule has 16 heavy (non-hydrogen) atoms. The van der Waals surface area contributed by atoms with Gasteiger partial charge >= 0.3 is 5.97 Å². The van der Waals surface area contributed by atoms with Gasteiger partial charge in [-0.3, -0.25) is 4.79 Å². The summed E-state index contributed by atoms with van der Waals surface area (Å²) in [5.41, 5.74) is 6.01. The largest absolute Gasteiger partial charge is 0.469 e. The highest BCUT2D eigenvalue weighted by atomic mass is 35.5. The minimum atomic E-state index is -0.287. The topological polar surface area (TPSA) is 81.3 Å². The molecule has 6 nitrogen and oxygen atoms in total. The smallest absolute Gasteiger partial charge is 0.307 e. The summed E-state index contributed by atoms with van der Waals surface area (Å²) in [4.78, 5) is 20.4. The quantitative estimate of drug-likeness (QED) is 0.621. The number of hydrogen-bond acceptors (Lipinski definition) is 6. The maximum absolute atomic E-state index is 11.0. The van der Waals surface area contributed by atoms with Gasteiger partial charge < -0.3 is 15.4 Å². The molecule has 0 radical (unpaired) electrons. The second-order valence-electron chi connectivity index (χ2n) is 3.15. The molecule has 0 amide bonds. The standard InChI is InChI=1S/C9H13ClN4O2/c1-14(4-3-6(15)16-2)9-7(11)8(10)12-5-13-9/h5H,3-4,11H2,1-2H3. The van der Waals surface area contributed by atoms with E-state index in [2.05, 4.69) is 14.7 Å². The Balaban J connectivity index is 2.69. The summed E-state index contributed by atoms with van der Waals surface area (Å²) in [6.45, 7) is 0.449. The Hall–Kier alpha value is -1.56. The van der Waals surface area contributed by atoms with Crippen LogP contribution in [0.25, 0.3) is 0 Å². The zero-order valence-corrected chi connectivity index (χ0v) is 9.86. The molecule has 1 aromatic heterocycles. The first-order valence-corrected chi connectivity index (χ1v) is 4.98. The number of ether oxygens (including phenoxy) is 1. The van der Waals surface area contributed by atoms with E-state index < -0.39 is 0 Å². The molecule has 0 aliphatic rings. The molecular formula is C9H13ClN4O2. The molecule has 0 bridgehead atoms. The van der Waals surface area contributed by atoms with Gasteiger partial charge in [-0.1, -0.05) is 11.6 Å². The second-order valence-corrected chi connectivity index (χ2v) is 3.51. The van der Waals surface area contributed by atoms with Gasteiger partial charge in [0.25, 0.3) is 0 Å². The Morgan fingerprint density at radius 1 is 1.62 bits per heavy atom. The van der Waals surface area contributed by atoms with E-state index in [1.807, 2.05) is 0 Å². The molecule has 1 rings (SSSR count). The average molecular weight is 245 g/mol. The Morgan fingerprint density at radius 3 is 2.94 bits per heavy atom. The van der Waals surface area contributed by atoms with Crippen LogP contribution >= 0.6 is 11.6 Å². The van der Waals surface area contributed by atoms with Crippen LogP contribution in [0.1, 0.15) is 6.42 Å². The molecular weight excluding hydrogens is 232 g/mol. The van der Waals surface area contributed by atoms with Crippen LogP contribution < -0.4 is 10.6 Å². The Kier molecular flexibility index (Phi) is 4.30. The van der Waals surface area contributed by atoms with Gasteiger partial charge in [0.1, 0.15) is 12.0 Å². The molecule has 0 unspecified atom stereocenters. The number of aromatic nitrogens is 2. The van der Waals surface area contributed by atoms with Gasteiger partial charge in [-0.2, -0.15) is 0 Å². The highest BCUT2D eigenvalue weighted by Gasteiger charge is 2.11. The van der Waals surface area contributed by atoms with Crippen LogP contribution in [0.4, 0.5) is 11.5 Å². The third-order valence-corrected chi connectivity index (χ3v) is 2.36. The average Bonchev–Trinajstić information content (AvgIpc) is 2.29. The number of nitrogens with zero attached hydrogens (tertiary/aromatic N) is 3. The number of carbonyl (C=O) groups is 1. The number of esters is 1. The number of anilines is 2. The van der Waals surface area contributed by atoms with E-state index in [0.29, 0.717) is 18.1 Å².